The number of aromatic nitrogens is 3. The molecule has 0 N–H and O–H groups in total. The van der Waals surface area contributed by atoms with Crippen molar-refractivity contribution >= 4 is 11.2 Å². The maximum atomic E-state index is 10.4. The molecule has 0 saturated carbocycles. The summed E-state index contributed by atoms with van der Waals surface area (Å²) >= 11 is 0. The van der Waals surface area contributed by atoms with Gasteiger partial charge in [-0.3, -0.25) is 0 Å². The van der Waals surface area contributed by atoms with Crippen LogP contribution in [0.2, 0.25) is 0 Å². The van der Waals surface area contributed by atoms with E-state index in [4.69, 9.17) is 0 Å². The molecule has 2 rings (SSSR count). The molecule has 0 radical (unpaired) electrons. The highest BCUT2D eigenvalue weighted by atomic mass is 16.7. The van der Waals surface area contributed by atoms with E-state index in [9.17, 15) is 4.91 Å². The van der Waals surface area contributed by atoms with Gasteiger partial charge in [-0.1, -0.05) is 5.16 Å². The van der Waals surface area contributed by atoms with Gasteiger partial charge in [-0.25, -0.2) is 4.63 Å². The Kier molecular flexibility index (Phi) is 0.583. The van der Waals surface area contributed by atoms with Crippen LogP contribution in [0.1, 0.15) is 0 Å². The molecule has 9 heavy (non-hydrogen) atoms. The van der Waals surface area contributed by atoms with Crippen molar-refractivity contribution in [3.63, 3.8) is 0 Å². The molecular weight excluding hydrogens is 126 g/mol. The second kappa shape index (κ2) is 1.22. The highest BCUT2D eigenvalue weighted by molar-refractivity contribution is 5.61. The summed E-state index contributed by atoms with van der Waals surface area (Å²) in [5.41, 5.74) is 0.389. The second-order valence-electron chi connectivity index (χ2n) is 1.45. The Labute approximate surface area is 47.6 Å². The van der Waals surface area contributed by atoms with Crippen molar-refractivity contribution < 1.29 is 13.8 Å². The predicted molar refractivity (Wildman–Crippen MR) is 23.0 cm³/mol. The van der Waals surface area contributed by atoms with Gasteiger partial charge in [-0.2, -0.15) is 0 Å². The molecule has 0 saturated heterocycles. The van der Waals surface area contributed by atoms with E-state index in [2.05, 4.69) is 19.5 Å². The zero-order valence-electron chi connectivity index (χ0n) is 4.14. The summed E-state index contributed by atoms with van der Waals surface area (Å²) in [5.74, 6) is 0. The molecule has 0 unspecified atom stereocenters. The molecule has 0 bridgehead atoms. The number of nitrogens with zero attached hydrogens (tertiary/aromatic N) is 3. The SMILES string of the molecule is O=[n+]1o[n-]c2nocc21. The number of rotatable bonds is 0. The van der Waals surface area contributed by atoms with E-state index in [1.165, 1.54) is 6.26 Å². The quantitative estimate of drug-likeness (QED) is 0.467. The van der Waals surface area contributed by atoms with Gasteiger partial charge in [0.2, 0.25) is 5.52 Å². The standard InChI is InChI=1S/C3HN3O3/c7-6-2-1-8-4-3(2)5-9-6/h1H. The van der Waals surface area contributed by atoms with Crippen LogP contribution < -0.4 is 9.76 Å². The van der Waals surface area contributed by atoms with Crippen molar-refractivity contribution in [3.05, 3.63) is 11.2 Å². The van der Waals surface area contributed by atoms with E-state index in [1.807, 2.05) is 0 Å². The van der Waals surface area contributed by atoms with Gasteiger partial charge in [0.1, 0.15) is 0 Å². The first-order valence-electron chi connectivity index (χ1n) is 2.18. The fourth-order valence-corrected chi connectivity index (χ4v) is 0.534. The fraction of sp³-hybridized carbons (Fsp3) is 0. The lowest BCUT2D eigenvalue weighted by Gasteiger charge is -1.60. The van der Waals surface area contributed by atoms with Crippen LogP contribution in [0.3, 0.4) is 0 Å². The Bertz CT molecular complexity index is 368. The van der Waals surface area contributed by atoms with Crippen LogP contribution in [0.5, 0.6) is 0 Å². The van der Waals surface area contributed by atoms with Crippen molar-refractivity contribution in [1.82, 2.24) is 10.3 Å². The summed E-state index contributed by atoms with van der Waals surface area (Å²) in [5, 5.41) is 6.59. The molecule has 0 aliphatic heterocycles. The Morgan fingerprint density at radius 3 is 3.44 bits per heavy atom. The lowest BCUT2D eigenvalue weighted by molar-refractivity contribution is -0.693. The van der Waals surface area contributed by atoms with Gasteiger partial charge in [-0.15, -0.1) is 4.91 Å². The normalized spacial score (nSPS) is 10.7. The highest BCUT2D eigenvalue weighted by Gasteiger charge is 2.04. The van der Waals surface area contributed by atoms with E-state index in [1.54, 1.807) is 0 Å². The van der Waals surface area contributed by atoms with Gasteiger partial charge in [0.05, 0.1) is 0 Å². The Balaban J connectivity index is 3.17. The fourth-order valence-electron chi connectivity index (χ4n) is 0.534. The van der Waals surface area contributed by atoms with E-state index >= 15 is 0 Å². The molecule has 0 aromatic carbocycles. The molecule has 0 spiro atoms. The van der Waals surface area contributed by atoms with Gasteiger partial charge >= 0.3 is 0 Å². The molecule has 0 amide bonds. The summed E-state index contributed by atoms with van der Waals surface area (Å²) in [7, 11) is 0. The lowest BCUT2D eigenvalue weighted by atomic mass is 10.6. The van der Waals surface area contributed by atoms with Crippen molar-refractivity contribution in [1.29, 1.82) is 0 Å². The highest BCUT2D eigenvalue weighted by Crippen LogP contribution is 1.98. The third-order valence-corrected chi connectivity index (χ3v) is 0.931. The predicted octanol–water partition coefficient (Wildman–Crippen LogP) is -0.707. The third-order valence-electron chi connectivity index (χ3n) is 0.931. The topological polar surface area (TPSA) is 76.2 Å². The minimum Gasteiger partial charge on any atom is -0.360 e. The number of hydrogen-bond acceptors (Lipinski definition) is 4. The van der Waals surface area contributed by atoms with Crippen LogP contribution in [-0.2, 0) is 0 Å². The smallest absolute Gasteiger partial charge is 0.267 e. The van der Waals surface area contributed by atoms with Gasteiger partial charge in [0, 0.05) is 4.60 Å². The monoisotopic (exact) mass is 127 g/mol. The van der Waals surface area contributed by atoms with Crippen LogP contribution in [0.25, 0.3) is 11.2 Å². The first kappa shape index (κ1) is 4.30. The van der Waals surface area contributed by atoms with Crippen LogP contribution in [0, 0.1) is 4.91 Å². The summed E-state index contributed by atoms with van der Waals surface area (Å²) in [4.78, 5) is 10.4. The average Bonchev–Trinajstić information content (AvgIpc) is 2.35. The summed E-state index contributed by atoms with van der Waals surface area (Å²) in [6, 6.07) is 0. The minimum absolute atomic E-state index is 0.185. The molecule has 2 aromatic heterocycles. The molecule has 0 aliphatic rings. The second-order valence-corrected chi connectivity index (χ2v) is 1.45. The molecule has 0 atom stereocenters. The first-order chi connectivity index (χ1) is 4.38. The summed E-state index contributed by atoms with van der Waals surface area (Å²) in [6.45, 7) is 0. The molecule has 2 heterocycles. The van der Waals surface area contributed by atoms with Crippen molar-refractivity contribution in [3.8, 4) is 0 Å². The largest absolute Gasteiger partial charge is 0.360 e. The zero-order valence-corrected chi connectivity index (χ0v) is 4.14. The molecule has 0 aliphatic carbocycles. The van der Waals surface area contributed by atoms with Gasteiger partial charge < -0.3 is 4.52 Å². The van der Waals surface area contributed by atoms with Gasteiger partial charge in [0.15, 0.2) is 6.26 Å². The number of hydrogen-bond donors (Lipinski definition) is 0. The zero-order chi connectivity index (χ0) is 6.27. The number of fused-ring (bicyclic) bond motifs is 1. The first-order valence-corrected chi connectivity index (χ1v) is 2.18. The third kappa shape index (κ3) is 0.411. The summed E-state index contributed by atoms with van der Waals surface area (Å²) < 4.78 is 8.76. The van der Waals surface area contributed by atoms with Crippen molar-refractivity contribution in [2.45, 2.75) is 0 Å². The van der Waals surface area contributed by atoms with Crippen LogP contribution in [0.4, 0.5) is 0 Å². The van der Waals surface area contributed by atoms with E-state index in [0.717, 1.165) is 0 Å². The van der Waals surface area contributed by atoms with Crippen LogP contribution >= 0.6 is 0 Å². The molecule has 6 nitrogen and oxygen atoms in total. The van der Waals surface area contributed by atoms with E-state index < -0.39 is 0 Å². The van der Waals surface area contributed by atoms with E-state index in [-0.39, 0.29) is 15.8 Å². The average molecular weight is 127 g/mol. The lowest BCUT2D eigenvalue weighted by Crippen LogP contribution is -2.07. The maximum absolute atomic E-state index is 10.4. The van der Waals surface area contributed by atoms with E-state index in [0.29, 0.717) is 0 Å². The molecule has 0 fully saturated rings. The minimum atomic E-state index is 0.185. The molecule has 6 heteroatoms. The van der Waals surface area contributed by atoms with Gasteiger partial charge in [-0.05, 0) is 5.16 Å². The Morgan fingerprint density at radius 1 is 1.78 bits per heavy atom. The Hall–Kier alpha value is -1.59. The molecule has 46 valence electrons. The van der Waals surface area contributed by atoms with Crippen molar-refractivity contribution in [2.24, 2.45) is 0 Å². The molecule has 2 aromatic rings. The van der Waals surface area contributed by atoms with Crippen LogP contribution in [-0.4, -0.2) is 5.16 Å². The van der Waals surface area contributed by atoms with Crippen molar-refractivity contribution in [2.75, 3.05) is 0 Å². The maximum Gasteiger partial charge on any atom is 0.267 e. The summed E-state index contributed by atoms with van der Waals surface area (Å²) in [6.07, 6.45) is 1.17. The van der Waals surface area contributed by atoms with Gasteiger partial charge in [0.25, 0.3) is 5.65 Å². The molecular formula is C3HN3O3. The Morgan fingerprint density at radius 2 is 2.67 bits per heavy atom. The van der Waals surface area contributed by atoms with Crippen LogP contribution in [0.15, 0.2) is 15.4 Å².